The van der Waals surface area contributed by atoms with Crippen LogP contribution in [-0.4, -0.2) is 24.3 Å². The second-order valence-corrected chi connectivity index (χ2v) is 2.96. The van der Waals surface area contributed by atoms with Gasteiger partial charge in [-0.3, -0.25) is 0 Å². The van der Waals surface area contributed by atoms with Gasteiger partial charge in [0.2, 0.25) is 0 Å². The van der Waals surface area contributed by atoms with Crippen molar-refractivity contribution in [1.29, 1.82) is 0 Å². The number of hydrogen-bond acceptors (Lipinski definition) is 2. The first-order valence-electron chi connectivity index (χ1n) is 2.82. The Bertz CT molecular complexity index is 81.0. The Morgan fingerprint density at radius 3 is 2.11 bits per heavy atom. The standard InChI is InChI=1S/C5H8Cl2O2/c6-4(7)5-8-2-1-3-9-5/h4-5H,1-3H2. The van der Waals surface area contributed by atoms with Crippen LogP contribution in [0.5, 0.6) is 0 Å². The van der Waals surface area contributed by atoms with E-state index in [0.29, 0.717) is 13.2 Å². The van der Waals surface area contributed by atoms with E-state index in [1.54, 1.807) is 0 Å². The molecule has 0 spiro atoms. The molecule has 1 rings (SSSR count). The van der Waals surface area contributed by atoms with E-state index in [2.05, 4.69) is 0 Å². The maximum Gasteiger partial charge on any atom is 0.187 e. The first-order chi connectivity index (χ1) is 4.30. The van der Waals surface area contributed by atoms with Gasteiger partial charge in [0, 0.05) is 0 Å². The highest BCUT2D eigenvalue weighted by molar-refractivity contribution is 6.44. The predicted molar refractivity (Wildman–Crippen MR) is 35.8 cm³/mol. The van der Waals surface area contributed by atoms with E-state index in [-0.39, 0.29) is 0 Å². The summed E-state index contributed by atoms with van der Waals surface area (Å²) in [5, 5.41) is 0. The lowest BCUT2D eigenvalue weighted by Crippen LogP contribution is -2.29. The highest BCUT2D eigenvalue weighted by atomic mass is 35.5. The molecule has 0 amide bonds. The Morgan fingerprint density at radius 1 is 1.22 bits per heavy atom. The summed E-state index contributed by atoms with van der Waals surface area (Å²) in [6.07, 6.45) is 0.513. The molecule has 0 aliphatic carbocycles. The van der Waals surface area contributed by atoms with E-state index in [1.165, 1.54) is 0 Å². The molecular weight excluding hydrogens is 163 g/mol. The van der Waals surface area contributed by atoms with Gasteiger partial charge in [-0.05, 0) is 6.42 Å². The minimum atomic E-state index is -0.565. The summed E-state index contributed by atoms with van der Waals surface area (Å²) < 4.78 is 10.1. The Morgan fingerprint density at radius 2 is 1.78 bits per heavy atom. The van der Waals surface area contributed by atoms with E-state index in [0.717, 1.165) is 6.42 Å². The lowest BCUT2D eigenvalue weighted by molar-refractivity contribution is -0.170. The summed E-state index contributed by atoms with van der Waals surface area (Å²) in [7, 11) is 0. The van der Waals surface area contributed by atoms with Crippen molar-refractivity contribution < 1.29 is 9.47 Å². The highest BCUT2D eigenvalue weighted by Gasteiger charge is 2.20. The molecule has 1 heterocycles. The quantitative estimate of drug-likeness (QED) is 0.557. The lowest BCUT2D eigenvalue weighted by Gasteiger charge is -2.23. The number of hydrogen-bond donors (Lipinski definition) is 0. The van der Waals surface area contributed by atoms with Crippen LogP contribution >= 0.6 is 23.2 Å². The van der Waals surface area contributed by atoms with Crippen LogP contribution < -0.4 is 0 Å². The molecular formula is C5H8Cl2O2. The Hall–Kier alpha value is 0.500. The van der Waals surface area contributed by atoms with Gasteiger partial charge in [-0.2, -0.15) is 0 Å². The zero-order valence-corrected chi connectivity index (χ0v) is 6.36. The number of halogens is 2. The van der Waals surface area contributed by atoms with E-state index in [4.69, 9.17) is 32.7 Å². The van der Waals surface area contributed by atoms with Crippen LogP contribution in [0.15, 0.2) is 0 Å². The van der Waals surface area contributed by atoms with Gasteiger partial charge in [0.1, 0.15) is 0 Å². The van der Waals surface area contributed by atoms with Gasteiger partial charge in [0.05, 0.1) is 13.2 Å². The van der Waals surface area contributed by atoms with Crippen LogP contribution in [-0.2, 0) is 9.47 Å². The van der Waals surface area contributed by atoms with Crippen LogP contribution in [0, 0.1) is 0 Å². The summed E-state index contributed by atoms with van der Waals surface area (Å²) in [4.78, 5) is -0.565. The fraction of sp³-hybridized carbons (Fsp3) is 1.00. The van der Waals surface area contributed by atoms with Gasteiger partial charge < -0.3 is 9.47 Å². The minimum Gasteiger partial charge on any atom is -0.350 e. The second-order valence-electron chi connectivity index (χ2n) is 1.80. The first kappa shape index (κ1) is 7.61. The van der Waals surface area contributed by atoms with Crippen molar-refractivity contribution in [1.82, 2.24) is 0 Å². The largest absolute Gasteiger partial charge is 0.350 e. The predicted octanol–water partition coefficient (Wildman–Crippen LogP) is 1.55. The van der Waals surface area contributed by atoms with Gasteiger partial charge in [0.25, 0.3) is 0 Å². The molecule has 0 unspecified atom stereocenters. The zero-order chi connectivity index (χ0) is 6.69. The third-order valence-electron chi connectivity index (χ3n) is 1.06. The molecule has 0 aromatic rings. The molecule has 0 aromatic heterocycles. The summed E-state index contributed by atoms with van der Waals surface area (Å²) in [5.41, 5.74) is 0. The third kappa shape index (κ3) is 2.30. The molecule has 0 N–H and O–H groups in total. The average Bonchev–Trinajstić information content (AvgIpc) is 1.90. The van der Waals surface area contributed by atoms with Crippen molar-refractivity contribution >= 4 is 23.2 Å². The third-order valence-corrected chi connectivity index (χ3v) is 1.47. The van der Waals surface area contributed by atoms with Crippen molar-refractivity contribution in [2.75, 3.05) is 13.2 Å². The molecule has 4 heteroatoms. The number of alkyl halides is 2. The van der Waals surface area contributed by atoms with Gasteiger partial charge >= 0.3 is 0 Å². The van der Waals surface area contributed by atoms with Crippen molar-refractivity contribution in [2.24, 2.45) is 0 Å². The monoisotopic (exact) mass is 170 g/mol. The fourth-order valence-electron chi connectivity index (χ4n) is 0.651. The maximum absolute atomic E-state index is 5.47. The summed E-state index contributed by atoms with van der Waals surface area (Å²) in [5.74, 6) is 0. The maximum atomic E-state index is 5.47. The Kier molecular flexibility index (Phi) is 3.06. The minimum absolute atomic E-state index is 0.415. The van der Waals surface area contributed by atoms with E-state index >= 15 is 0 Å². The molecule has 0 saturated carbocycles. The summed E-state index contributed by atoms with van der Waals surface area (Å²) in [6.45, 7) is 1.39. The van der Waals surface area contributed by atoms with Crippen LogP contribution in [0.3, 0.4) is 0 Å². The van der Waals surface area contributed by atoms with Gasteiger partial charge in [-0.25, -0.2) is 0 Å². The second kappa shape index (κ2) is 3.62. The van der Waals surface area contributed by atoms with Crippen molar-refractivity contribution in [2.45, 2.75) is 17.5 Å². The smallest absolute Gasteiger partial charge is 0.187 e. The fourth-order valence-corrected chi connectivity index (χ4v) is 0.942. The number of ether oxygens (including phenoxy) is 2. The van der Waals surface area contributed by atoms with Gasteiger partial charge in [-0.15, -0.1) is 0 Å². The molecule has 2 nitrogen and oxygen atoms in total. The molecule has 54 valence electrons. The number of rotatable bonds is 1. The van der Waals surface area contributed by atoms with Crippen LogP contribution in [0.4, 0.5) is 0 Å². The molecule has 1 fully saturated rings. The molecule has 1 saturated heterocycles. The summed E-state index contributed by atoms with van der Waals surface area (Å²) in [6, 6.07) is 0. The van der Waals surface area contributed by atoms with E-state index in [9.17, 15) is 0 Å². The molecule has 1 aliphatic heterocycles. The molecule has 0 bridgehead atoms. The molecule has 0 atom stereocenters. The molecule has 9 heavy (non-hydrogen) atoms. The first-order valence-corrected chi connectivity index (χ1v) is 3.69. The van der Waals surface area contributed by atoms with Crippen LogP contribution in [0.25, 0.3) is 0 Å². The van der Waals surface area contributed by atoms with Gasteiger partial charge in [-0.1, -0.05) is 23.2 Å². The van der Waals surface area contributed by atoms with Gasteiger partial charge in [0.15, 0.2) is 11.1 Å². The highest BCUT2D eigenvalue weighted by Crippen LogP contribution is 2.16. The average molecular weight is 171 g/mol. The van der Waals surface area contributed by atoms with Crippen LogP contribution in [0.2, 0.25) is 0 Å². The molecule has 0 radical (unpaired) electrons. The van der Waals surface area contributed by atoms with Crippen LogP contribution in [0.1, 0.15) is 6.42 Å². The van der Waals surface area contributed by atoms with E-state index in [1.807, 2.05) is 0 Å². The lowest BCUT2D eigenvalue weighted by atomic mass is 10.4. The Labute approximate surface area is 64.0 Å². The normalized spacial score (nSPS) is 23.0. The van der Waals surface area contributed by atoms with Crippen molar-refractivity contribution in [3.05, 3.63) is 0 Å². The molecule has 0 aromatic carbocycles. The summed E-state index contributed by atoms with van der Waals surface area (Å²) >= 11 is 10.9. The van der Waals surface area contributed by atoms with Crippen molar-refractivity contribution in [3.63, 3.8) is 0 Å². The zero-order valence-electron chi connectivity index (χ0n) is 4.85. The molecule has 1 aliphatic rings. The van der Waals surface area contributed by atoms with Crippen molar-refractivity contribution in [3.8, 4) is 0 Å². The Balaban J connectivity index is 2.23. The SMILES string of the molecule is ClC(Cl)C1OCCCO1. The topological polar surface area (TPSA) is 18.5 Å². The van der Waals surface area contributed by atoms with E-state index < -0.39 is 11.1 Å².